The van der Waals surface area contributed by atoms with Crippen molar-refractivity contribution in [1.29, 1.82) is 0 Å². The number of nitrogens with zero attached hydrogens (tertiary/aromatic N) is 1. The molecule has 1 aliphatic heterocycles. The third-order valence-electron chi connectivity index (χ3n) is 4.17. The lowest BCUT2D eigenvalue weighted by molar-refractivity contribution is -0.123. The van der Waals surface area contributed by atoms with Gasteiger partial charge in [-0.3, -0.25) is 19.7 Å². The molecule has 3 rings (SSSR count). The number of carbonyl (C=O) groups excluding carboxylic acids is 4. The first-order valence-electron chi connectivity index (χ1n) is 9.25. The summed E-state index contributed by atoms with van der Waals surface area (Å²) in [6.45, 7) is 1.73. The van der Waals surface area contributed by atoms with E-state index < -0.39 is 23.8 Å². The summed E-state index contributed by atoms with van der Waals surface area (Å²) in [6, 6.07) is 8.45. The maximum absolute atomic E-state index is 13.0. The molecular weight excluding hydrogens is 553 g/mol. The summed E-state index contributed by atoms with van der Waals surface area (Å²) in [7, 11) is 0. The van der Waals surface area contributed by atoms with Gasteiger partial charge in [-0.05, 0) is 71.5 Å². The summed E-state index contributed by atoms with van der Waals surface area (Å²) < 4.78 is 11.6. The van der Waals surface area contributed by atoms with Gasteiger partial charge in [0.2, 0.25) is 0 Å². The van der Waals surface area contributed by atoms with Crippen LogP contribution < -0.4 is 25.4 Å². The molecule has 0 unspecified atom stereocenters. The fourth-order valence-electron chi connectivity index (χ4n) is 2.89. The highest BCUT2D eigenvalue weighted by Gasteiger charge is 2.37. The Bertz CT molecular complexity index is 1150. The summed E-state index contributed by atoms with van der Waals surface area (Å²) in [5, 5.41) is 2.48. The average molecular weight is 570 g/mol. The van der Waals surface area contributed by atoms with Crippen LogP contribution in [0.1, 0.15) is 12.5 Å². The first-order chi connectivity index (χ1) is 15.2. The summed E-state index contributed by atoms with van der Waals surface area (Å²) >= 11 is 7.94. The average Bonchev–Trinajstić information content (AvgIpc) is 2.70. The van der Waals surface area contributed by atoms with Crippen LogP contribution in [0.5, 0.6) is 11.5 Å². The number of amides is 5. The minimum atomic E-state index is -0.876. The Morgan fingerprint density at radius 1 is 1.22 bits per heavy atom. The van der Waals surface area contributed by atoms with Crippen LogP contribution in [0.3, 0.4) is 0 Å². The van der Waals surface area contributed by atoms with Crippen molar-refractivity contribution < 1.29 is 28.7 Å². The molecule has 3 N–H and O–H groups in total. The van der Waals surface area contributed by atoms with E-state index in [4.69, 9.17) is 26.8 Å². The number of halogens is 2. The Labute approximate surface area is 201 Å². The molecule has 2 aromatic carbocycles. The highest BCUT2D eigenvalue weighted by molar-refractivity contribution is 14.1. The summed E-state index contributed by atoms with van der Waals surface area (Å²) in [5.41, 5.74) is 5.55. The highest BCUT2D eigenvalue weighted by atomic mass is 127. The summed E-state index contributed by atoms with van der Waals surface area (Å²) in [4.78, 5) is 49.7. The van der Waals surface area contributed by atoms with Crippen molar-refractivity contribution in [1.82, 2.24) is 5.32 Å². The monoisotopic (exact) mass is 569 g/mol. The summed E-state index contributed by atoms with van der Waals surface area (Å²) in [6.07, 6.45) is 1.34. The van der Waals surface area contributed by atoms with Gasteiger partial charge in [0.25, 0.3) is 17.7 Å². The van der Waals surface area contributed by atoms with E-state index in [2.05, 4.69) is 5.32 Å². The Hall–Kier alpha value is -3.12. The van der Waals surface area contributed by atoms with E-state index in [1.54, 1.807) is 31.2 Å². The molecule has 0 aliphatic carbocycles. The molecule has 0 bridgehead atoms. The van der Waals surface area contributed by atoms with Crippen molar-refractivity contribution in [3.8, 4) is 11.5 Å². The van der Waals surface area contributed by atoms with E-state index in [1.165, 1.54) is 18.2 Å². The number of imide groups is 2. The molecule has 1 heterocycles. The predicted octanol–water partition coefficient (Wildman–Crippen LogP) is 2.87. The molecule has 1 saturated heterocycles. The smallest absolute Gasteiger partial charge is 0.335 e. The van der Waals surface area contributed by atoms with Crippen molar-refractivity contribution in [2.75, 3.05) is 18.1 Å². The lowest BCUT2D eigenvalue weighted by Crippen LogP contribution is -2.54. The standard InChI is InChI=1S/C21H17ClIN3O6/c1-2-31-16-8-11(7-15(23)18(16)32-10-17(24)27)6-14-19(28)25-21(30)26(20(14)29)13-5-3-4-12(22)9-13/h3-9H,2,10H2,1H3,(H2,24,27)(H,25,28,30)/b14-6+. The van der Waals surface area contributed by atoms with E-state index in [0.717, 1.165) is 4.90 Å². The van der Waals surface area contributed by atoms with Crippen molar-refractivity contribution in [3.05, 3.63) is 56.1 Å². The van der Waals surface area contributed by atoms with Gasteiger partial charge in [-0.25, -0.2) is 9.69 Å². The largest absolute Gasteiger partial charge is 0.490 e. The van der Waals surface area contributed by atoms with Crippen molar-refractivity contribution >= 4 is 69.7 Å². The number of benzene rings is 2. The minimum absolute atomic E-state index is 0.221. The van der Waals surface area contributed by atoms with E-state index in [9.17, 15) is 19.2 Å². The Morgan fingerprint density at radius 3 is 2.62 bits per heavy atom. The third kappa shape index (κ3) is 5.19. The quantitative estimate of drug-likeness (QED) is 0.300. The molecular formula is C21H17ClIN3O6. The number of ether oxygens (including phenoxy) is 2. The number of carbonyl (C=O) groups is 4. The van der Waals surface area contributed by atoms with Gasteiger partial charge in [0, 0.05) is 5.02 Å². The number of urea groups is 1. The molecule has 9 nitrogen and oxygen atoms in total. The van der Waals surface area contributed by atoms with Gasteiger partial charge in [-0.15, -0.1) is 0 Å². The van der Waals surface area contributed by atoms with Crippen molar-refractivity contribution in [2.45, 2.75) is 6.92 Å². The van der Waals surface area contributed by atoms with Crippen LogP contribution in [-0.2, 0) is 14.4 Å². The summed E-state index contributed by atoms with van der Waals surface area (Å²) in [5.74, 6) is -1.67. The number of anilines is 1. The van der Waals surface area contributed by atoms with Gasteiger partial charge in [0.1, 0.15) is 5.57 Å². The molecule has 2 aromatic rings. The van der Waals surface area contributed by atoms with Crippen LogP contribution in [0.15, 0.2) is 42.0 Å². The molecule has 0 aromatic heterocycles. The molecule has 5 amide bonds. The highest BCUT2D eigenvalue weighted by Crippen LogP contribution is 2.35. The van der Waals surface area contributed by atoms with E-state index >= 15 is 0 Å². The van der Waals surface area contributed by atoms with Gasteiger partial charge in [-0.2, -0.15) is 0 Å². The predicted molar refractivity (Wildman–Crippen MR) is 125 cm³/mol. The maximum Gasteiger partial charge on any atom is 0.335 e. The van der Waals surface area contributed by atoms with Crippen molar-refractivity contribution in [2.24, 2.45) is 5.73 Å². The molecule has 0 spiro atoms. The van der Waals surface area contributed by atoms with Gasteiger partial charge in [0.05, 0.1) is 15.9 Å². The van der Waals surface area contributed by atoms with E-state index in [0.29, 0.717) is 32.3 Å². The Morgan fingerprint density at radius 2 is 1.97 bits per heavy atom. The second kappa shape index (κ2) is 10.0. The van der Waals surface area contributed by atoms with Crippen LogP contribution in [0.25, 0.3) is 6.08 Å². The van der Waals surface area contributed by atoms with E-state index in [1.807, 2.05) is 22.6 Å². The molecule has 0 atom stereocenters. The fourth-order valence-corrected chi connectivity index (χ4v) is 3.86. The number of nitrogens with two attached hydrogens (primary N) is 1. The Kier molecular flexibility index (Phi) is 7.36. The number of hydrogen-bond donors (Lipinski definition) is 2. The molecule has 32 heavy (non-hydrogen) atoms. The van der Waals surface area contributed by atoms with E-state index in [-0.39, 0.29) is 17.9 Å². The number of hydrogen-bond acceptors (Lipinski definition) is 6. The first-order valence-corrected chi connectivity index (χ1v) is 10.7. The number of nitrogens with one attached hydrogen (secondary N) is 1. The first kappa shape index (κ1) is 23.5. The van der Waals surface area contributed by atoms with Gasteiger partial charge in [0.15, 0.2) is 18.1 Å². The topological polar surface area (TPSA) is 128 Å². The van der Waals surface area contributed by atoms with Gasteiger partial charge < -0.3 is 15.2 Å². The third-order valence-corrected chi connectivity index (χ3v) is 5.21. The normalized spacial score (nSPS) is 15.0. The zero-order chi connectivity index (χ0) is 23.4. The van der Waals surface area contributed by atoms with Crippen LogP contribution >= 0.6 is 34.2 Å². The molecule has 0 radical (unpaired) electrons. The minimum Gasteiger partial charge on any atom is -0.490 e. The SMILES string of the molecule is CCOc1cc(/C=C2\C(=O)NC(=O)N(c3cccc(Cl)c3)C2=O)cc(I)c1OCC(N)=O. The second-order valence-corrected chi connectivity index (χ2v) is 8.05. The molecule has 1 fully saturated rings. The number of rotatable bonds is 7. The van der Waals surface area contributed by atoms with Gasteiger partial charge >= 0.3 is 6.03 Å². The number of primary amides is 1. The lowest BCUT2D eigenvalue weighted by Gasteiger charge is -2.26. The zero-order valence-electron chi connectivity index (χ0n) is 16.7. The number of barbiturate groups is 1. The Balaban J connectivity index is 2.01. The second-order valence-electron chi connectivity index (χ2n) is 6.46. The van der Waals surface area contributed by atoms with Crippen LogP contribution in [0.2, 0.25) is 5.02 Å². The van der Waals surface area contributed by atoms with Crippen molar-refractivity contribution in [3.63, 3.8) is 0 Å². The van der Waals surface area contributed by atoms with Crippen LogP contribution in [-0.4, -0.2) is 37.0 Å². The fraction of sp³-hybridized carbons (Fsp3) is 0.143. The van der Waals surface area contributed by atoms with Gasteiger partial charge in [-0.1, -0.05) is 17.7 Å². The zero-order valence-corrected chi connectivity index (χ0v) is 19.6. The van der Waals surface area contributed by atoms with Crippen LogP contribution in [0.4, 0.5) is 10.5 Å². The molecule has 11 heteroatoms. The molecule has 1 aliphatic rings. The maximum atomic E-state index is 13.0. The lowest BCUT2D eigenvalue weighted by atomic mass is 10.1. The van der Waals surface area contributed by atoms with Crippen LogP contribution in [0, 0.1) is 3.57 Å². The molecule has 166 valence electrons. The molecule has 0 saturated carbocycles.